The summed E-state index contributed by atoms with van der Waals surface area (Å²) in [5, 5.41) is 2.37. The van der Waals surface area contributed by atoms with Crippen LogP contribution in [0.4, 0.5) is 0 Å². The van der Waals surface area contributed by atoms with Gasteiger partial charge in [-0.05, 0) is 44.7 Å². The van der Waals surface area contributed by atoms with E-state index in [1.54, 1.807) is 0 Å². The lowest BCUT2D eigenvalue weighted by Gasteiger charge is -2.23. The number of hydrogen-bond acceptors (Lipinski definition) is 1. The van der Waals surface area contributed by atoms with Gasteiger partial charge >= 0.3 is 0 Å². The summed E-state index contributed by atoms with van der Waals surface area (Å²) in [5.41, 5.74) is 3.03. The first-order valence-corrected chi connectivity index (χ1v) is 7.68. The van der Waals surface area contributed by atoms with E-state index >= 15 is 0 Å². The maximum absolute atomic E-state index is 6.01. The van der Waals surface area contributed by atoms with Gasteiger partial charge in [0.2, 0.25) is 0 Å². The van der Waals surface area contributed by atoms with Crippen LogP contribution in [0.3, 0.4) is 0 Å². The molecule has 0 atom stereocenters. The maximum Gasteiger partial charge on any atom is 0.123 e. The average Bonchev–Trinajstić information content (AvgIpc) is 2.27. The highest BCUT2D eigenvalue weighted by atomic mass is 16.5. The van der Waals surface area contributed by atoms with E-state index in [-0.39, 0.29) is 5.41 Å². The van der Waals surface area contributed by atoms with Crippen molar-refractivity contribution in [1.29, 1.82) is 0 Å². The summed E-state index contributed by atoms with van der Waals surface area (Å²) < 4.78 is 6.01. The first-order valence-electron chi connectivity index (χ1n) is 7.68. The highest BCUT2D eigenvalue weighted by molar-refractivity contribution is 5.41. The van der Waals surface area contributed by atoms with Crippen molar-refractivity contribution >= 4 is 0 Å². The Hall–Kier alpha value is -1.02. The van der Waals surface area contributed by atoms with Gasteiger partial charge in [0.1, 0.15) is 5.75 Å². The van der Waals surface area contributed by atoms with Gasteiger partial charge in [0, 0.05) is 6.42 Å². The zero-order valence-corrected chi connectivity index (χ0v) is 14.3. The molecule has 0 saturated heterocycles. The van der Waals surface area contributed by atoms with Crippen molar-refractivity contribution in [2.45, 2.75) is 65.8 Å². The van der Waals surface area contributed by atoms with E-state index in [9.17, 15) is 0 Å². The smallest absolute Gasteiger partial charge is 0.123 e. The van der Waals surface area contributed by atoms with E-state index in [0.717, 1.165) is 25.3 Å². The topological polar surface area (TPSA) is 25.8 Å². The van der Waals surface area contributed by atoms with Crippen LogP contribution in [0.5, 0.6) is 5.75 Å². The van der Waals surface area contributed by atoms with Crippen LogP contribution in [0.15, 0.2) is 18.2 Å². The minimum atomic E-state index is 0.124. The molecule has 0 aliphatic carbocycles. The van der Waals surface area contributed by atoms with E-state index in [4.69, 9.17) is 4.74 Å². The van der Waals surface area contributed by atoms with Crippen molar-refractivity contribution in [2.24, 2.45) is 0 Å². The Labute approximate surface area is 124 Å². The second-order valence-corrected chi connectivity index (χ2v) is 7.81. The van der Waals surface area contributed by atoms with Crippen molar-refractivity contribution in [2.75, 3.05) is 13.2 Å². The van der Waals surface area contributed by atoms with E-state index in [1.807, 2.05) is 0 Å². The molecule has 0 amide bonds. The first-order chi connectivity index (χ1) is 9.09. The zero-order valence-electron chi connectivity index (χ0n) is 14.3. The normalized spacial score (nSPS) is 12.6. The Bertz CT molecular complexity index is 424. The second-order valence-electron chi connectivity index (χ2n) is 7.81. The molecule has 0 aliphatic heterocycles. The van der Waals surface area contributed by atoms with Crippen LogP contribution >= 0.6 is 0 Å². The van der Waals surface area contributed by atoms with Gasteiger partial charge in [-0.25, -0.2) is 0 Å². The van der Waals surface area contributed by atoms with Gasteiger partial charge in [-0.3, -0.25) is 0 Å². The molecule has 0 aromatic heterocycles. The number of quaternary nitrogens is 1. The number of rotatable bonds is 5. The van der Waals surface area contributed by atoms with Gasteiger partial charge in [-0.2, -0.15) is 0 Å². The van der Waals surface area contributed by atoms with Gasteiger partial charge in [0.15, 0.2) is 0 Å². The summed E-state index contributed by atoms with van der Waals surface area (Å²) in [7, 11) is 0. The van der Waals surface area contributed by atoms with Crippen LogP contribution in [0, 0.1) is 6.92 Å². The zero-order chi connectivity index (χ0) is 15.4. The SMILES string of the molecule is Cc1ccc(OCCC[NH2+]C(C)(C)C)c(C(C)(C)C)c1. The third-order valence-corrected chi connectivity index (χ3v) is 3.31. The molecule has 0 unspecified atom stereocenters. The van der Waals surface area contributed by atoms with Crippen LogP contribution in [-0.2, 0) is 5.41 Å². The summed E-state index contributed by atoms with van der Waals surface area (Å²) in [6.45, 7) is 17.5. The molecular weight excluding hydrogens is 246 g/mol. The maximum atomic E-state index is 6.01. The predicted octanol–water partition coefficient (Wildman–Crippen LogP) is 3.42. The summed E-state index contributed by atoms with van der Waals surface area (Å²) in [4.78, 5) is 0. The van der Waals surface area contributed by atoms with E-state index < -0.39 is 0 Å². The van der Waals surface area contributed by atoms with Gasteiger partial charge in [0.05, 0.1) is 18.7 Å². The van der Waals surface area contributed by atoms with Crippen molar-refractivity contribution in [3.05, 3.63) is 29.3 Å². The fourth-order valence-corrected chi connectivity index (χ4v) is 2.16. The summed E-state index contributed by atoms with van der Waals surface area (Å²) in [6.07, 6.45) is 1.08. The molecule has 0 radical (unpaired) electrons. The van der Waals surface area contributed by atoms with Gasteiger partial charge in [0.25, 0.3) is 0 Å². The van der Waals surface area contributed by atoms with Crippen LogP contribution < -0.4 is 10.1 Å². The minimum Gasteiger partial charge on any atom is -0.493 e. The lowest BCUT2D eigenvalue weighted by Crippen LogP contribution is -2.94. The van der Waals surface area contributed by atoms with Crippen molar-refractivity contribution < 1.29 is 10.1 Å². The highest BCUT2D eigenvalue weighted by Crippen LogP contribution is 2.32. The molecule has 1 aromatic rings. The molecular formula is C18H32NO+. The van der Waals surface area contributed by atoms with E-state index in [1.165, 1.54) is 11.1 Å². The standard InChI is InChI=1S/C18H31NO/c1-14-9-10-16(15(13-14)17(2,3)4)20-12-8-11-19-18(5,6)7/h9-10,13,19H,8,11-12H2,1-7H3/p+1. The lowest BCUT2D eigenvalue weighted by molar-refractivity contribution is -0.717. The number of aryl methyl sites for hydroxylation is 1. The third-order valence-electron chi connectivity index (χ3n) is 3.31. The Morgan fingerprint density at radius 3 is 2.25 bits per heavy atom. The molecule has 2 heteroatoms. The van der Waals surface area contributed by atoms with Crippen molar-refractivity contribution in [3.8, 4) is 5.75 Å². The molecule has 0 fully saturated rings. The van der Waals surface area contributed by atoms with Gasteiger partial charge in [-0.1, -0.05) is 38.5 Å². The molecule has 20 heavy (non-hydrogen) atoms. The van der Waals surface area contributed by atoms with Crippen LogP contribution in [-0.4, -0.2) is 18.7 Å². The van der Waals surface area contributed by atoms with Crippen molar-refractivity contribution in [3.63, 3.8) is 0 Å². The van der Waals surface area contributed by atoms with Crippen LogP contribution in [0.25, 0.3) is 0 Å². The summed E-state index contributed by atoms with van der Waals surface area (Å²) in [5.74, 6) is 1.04. The molecule has 0 heterocycles. The van der Waals surface area contributed by atoms with Gasteiger partial charge in [-0.15, -0.1) is 0 Å². The highest BCUT2D eigenvalue weighted by Gasteiger charge is 2.19. The number of ether oxygens (including phenoxy) is 1. The molecule has 0 spiro atoms. The van der Waals surface area contributed by atoms with E-state index in [0.29, 0.717) is 5.54 Å². The summed E-state index contributed by atoms with van der Waals surface area (Å²) in [6, 6.07) is 6.49. The molecule has 114 valence electrons. The molecule has 0 aliphatic rings. The van der Waals surface area contributed by atoms with Gasteiger partial charge < -0.3 is 10.1 Å². The fraction of sp³-hybridized carbons (Fsp3) is 0.667. The first kappa shape index (κ1) is 17.0. The molecule has 2 nitrogen and oxygen atoms in total. The van der Waals surface area contributed by atoms with E-state index in [2.05, 4.69) is 72.0 Å². The van der Waals surface area contributed by atoms with Crippen LogP contribution in [0.1, 0.15) is 59.1 Å². The molecule has 0 bridgehead atoms. The monoisotopic (exact) mass is 278 g/mol. The average molecular weight is 278 g/mol. The summed E-state index contributed by atoms with van der Waals surface area (Å²) >= 11 is 0. The third kappa shape index (κ3) is 5.96. The molecule has 0 saturated carbocycles. The van der Waals surface area contributed by atoms with Crippen molar-refractivity contribution in [1.82, 2.24) is 0 Å². The molecule has 1 rings (SSSR count). The minimum absolute atomic E-state index is 0.124. The largest absolute Gasteiger partial charge is 0.493 e. The Morgan fingerprint density at radius 1 is 1.05 bits per heavy atom. The Balaban J connectivity index is 2.56. The number of benzene rings is 1. The quantitative estimate of drug-likeness (QED) is 0.821. The Morgan fingerprint density at radius 2 is 1.70 bits per heavy atom. The Kier molecular flexibility index (Phi) is 5.64. The number of nitrogens with two attached hydrogens (primary N) is 1. The molecule has 2 N–H and O–H groups in total. The number of hydrogen-bond donors (Lipinski definition) is 1. The lowest BCUT2D eigenvalue weighted by atomic mass is 9.85. The fourth-order valence-electron chi connectivity index (χ4n) is 2.16. The predicted molar refractivity (Wildman–Crippen MR) is 86.5 cm³/mol. The second kappa shape index (κ2) is 6.62. The van der Waals surface area contributed by atoms with Crippen LogP contribution in [0.2, 0.25) is 0 Å². The molecule has 1 aromatic carbocycles.